The molecule has 0 radical (unpaired) electrons. The molecule has 1 unspecified atom stereocenters. The summed E-state index contributed by atoms with van der Waals surface area (Å²) < 4.78 is 11.6. The van der Waals surface area contributed by atoms with Crippen LogP contribution in [0.4, 0.5) is 5.69 Å². The minimum Gasteiger partial charge on any atom is -0.493 e. The number of hydrogen-bond acceptors (Lipinski definition) is 6. The second-order valence-electron chi connectivity index (χ2n) is 9.32. The predicted molar refractivity (Wildman–Crippen MR) is 142 cm³/mol. The summed E-state index contributed by atoms with van der Waals surface area (Å²) in [6.45, 7) is 8.06. The van der Waals surface area contributed by atoms with E-state index in [2.05, 4.69) is 21.9 Å². The first-order chi connectivity index (χ1) is 17.6. The Bertz CT molecular complexity index is 1280. The highest BCUT2D eigenvalue weighted by Crippen LogP contribution is 2.36. The zero-order valence-electron chi connectivity index (χ0n) is 20.9. The van der Waals surface area contributed by atoms with Crippen LogP contribution in [0.3, 0.4) is 0 Å². The van der Waals surface area contributed by atoms with E-state index in [0.717, 1.165) is 40.9 Å². The largest absolute Gasteiger partial charge is 0.493 e. The maximum atomic E-state index is 13.4. The first kappa shape index (κ1) is 24.0. The normalized spacial score (nSPS) is 17.1. The molecule has 36 heavy (non-hydrogen) atoms. The van der Waals surface area contributed by atoms with Gasteiger partial charge >= 0.3 is 0 Å². The van der Waals surface area contributed by atoms with E-state index in [1.54, 1.807) is 24.3 Å². The molecule has 7 heteroatoms. The van der Waals surface area contributed by atoms with Gasteiger partial charge in [-0.25, -0.2) is 9.97 Å². The highest BCUT2D eigenvalue weighted by atomic mass is 16.5. The first-order valence-electron chi connectivity index (χ1n) is 12.5. The number of aryl methyl sites for hydroxylation is 1. The lowest BCUT2D eigenvalue weighted by molar-refractivity contribution is 0.0992. The number of ether oxygens (including phenoxy) is 2. The van der Waals surface area contributed by atoms with E-state index in [9.17, 15) is 4.79 Å². The molecular formula is C29H32N4O3. The maximum absolute atomic E-state index is 13.4. The summed E-state index contributed by atoms with van der Waals surface area (Å²) in [5.74, 6) is 1.66. The van der Waals surface area contributed by atoms with Crippen molar-refractivity contribution < 1.29 is 14.3 Å². The second-order valence-corrected chi connectivity index (χ2v) is 9.32. The molecule has 0 saturated carbocycles. The van der Waals surface area contributed by atoms with E-state index in [1.165, 1.54) is 19.3 Å². The average molecular weight is 485 g/mol. The standard InChI is InChI=1S/C29H32N4O3/c1-4-23-19(2)8-7-10-24(23)28-31-17-20-18-33(29(34)27(20)32-28)22-11-12-25(26(16-22)35-3)36-15-13-21-9-5-6-14-30-21/h4,7-8,10-12,16-17,21,30H,1,5-6,9,13-15,18H2,2-3H3. The quantitative estimate of drug-likeness (QED) is 0.475. The van der Waals surface area contributed by atoms with E-state index < -0.39 is 0 Å². The van der Waals surface area contributed by atoms with Crippen molar-refractivity contribution in [1.29, 1.82) is 0 Å². The Morgan fingerprint density at radius 3 is 2.89 bits per heavy atom. The number of rotatable bonds is 8. The first-order valence-corrected chi connectivity index (χ1v) is 12.5. The number of aromatic nitrogens is 2. The van der Waals surface area contributed by atoms with Gasteiger partial charge in [-0.3, -0.25) is 4.79 Å². The molecule has 2 aliphatic heterocycles. The van der Waals surface area contributed by atoms with Crippen LogP contribution in [0, 0.1) is 6.92 Å². The molecule has 5 rings (SSSR count). The molecule has 2 aromatic carbocycles. The lowest BCUT2D eigenvalue weighted by Gasteiger charge is -2.23. The number of piperidine rings is 1. The lowest BCUT2D eigenvalue weighted by atomic mass is 10.0. The SMILES string of the molecule is C=Cc1c(C)cccc1-c1ncc2c(n1)C(=O)N(c1ccc(OCCC3CCCCN3)c(OC)c1)C2. The number of carbonyl (C=O) groups is 1. The number of carbonyl (C=O) groups excluding carboxylic acids is 1. The molecule has 1 atom stereocenters. The van der Waals surface area contributed by atoms with Crippen molar-refractivity contribution in [1.82, 2.24) is 15.3 Å². The summed E-state index contributed by atoms with van der Waals surface area (Å²) in [5.41, 5.74) is 4.89. The summed E-state index contributed by atoms with van der Waals surface area (Å²) in [6.07, 6.45) is 8.23. The molecule has 0 bridgehead atoms. The lowest BCUT2D eigenvalue weighted by Crippen LogP contribution is -2.35. The Balaban J connectivity index is 1.33. The van der Waals surface area contributed by atoms with Crippen LogP contribution in [-0.4, -0.2) is 42.2 Å². The van der Waals surface area contributed by atoms with Crippen LogP contribution in [0.2, 0.25) is 0 Å². The molecule has 3 aromatic rings. The Morgan fingerprint density at radius 2 is 2.11 bits per heavy atom. The van der Waals surface area contributed by atoms with Gasteiger partial charge in [-0.05, 0) is 56.0 Å². The van der Waals surface area contributed by atoms with Gasteiger partial charge in [0.1, 0.15) is 5.69 Å². The molecule has 7 nitrogen and oxygen atoms in total. The van der Waals surface area contributed by atoms with Gasteiger partial charge in [-0.2, -0.15) is 0 Å². The van der Waals surface area contributed by atoms with Crippen molar-refractivity contribution in [2.24, 2.45) is 0 Å². The number of benzene rings is 2. The second kappa shape index (κ2) is 10.5. The van der Waals surface area contributed by atoms with Gasteiger partial charge in [0.25, 0.3) is 5.91 Å². The van der Waals surface area contributed by atoms with E-state index in [4.69, 9.17) is 9.47 Å². The van der Waals surface area contributed by atoms with Crippen molar-refractivity contribution in [3.05, 3.63) is 71.6 Å². The molecule has 3 heterocycles. The third-order valence-electron chi connectivity index (χ3n) is 7.01. The number of nitrogens with zero attached hydrogens (tertiary/aromatic N) is 3. The van der Waals surface area contributed by atoms with E-state index in [1.807, 2.05) is 43.3 Å². The minimum atomic E-state index is -0.152. The minimum absolute atomic E-state index is 0.152. The van der Waals surface area contributed by atoms with E-state index >= 15 is 0 Å². The van der Waals surface area contributed by atoms with Gasteiger partial charge in [-0.1, -0.05) is 37.3 Å². The third kappa shape index (κ3) is 4.71. The molecule has 2 aliphatic rings. The monoisotopic (exact) mass is 484 g/mol. The zero-order chi connectivity index (χ0) is 25.1. The van der Waals surface area contributed by atoms with E-state index in [-0.39, 0.29) is 5.91 Å². The zero-order valence-corrected chi connectivity index (χ0v) is 20.9. The van der Waals surface area contributed by atoms with Crippen molar-refractivity contribution in [2.45, 2.75) is 45.2 Å². The maximum Gasteiger partial charge on any atom is 0.277 e. The summed E-state index contributed by atoms with van der Waals surface area (Å²) in [6, 6.07) is 12.1. The third-order valence-corrected chi connectivity index (χ3v) is 7.01. The van der Waals surface area contributed by atoms with Crippen LogP contribution in [0.5, 0.6) is 11.5 Å². The van der Waals surface area contributed by atoms with Gasteiger partial charge in [-0.15, -0.1) is 0 Å². The molecule has 0 spiro atoms. The van der Waals surface area contributed by atoms with Crippen molar-refractivity contribution in [2.75, 3.05) is 25.2 Å². The van der Waals surface area contributed by atoms with E-state index in [0.29, 0.717) is 42.2 Å². The average Bonchev–Trinajstić information content (AvgIpc) is 3.25. The number of methoxy groups -OCH3 is 1. The van der Waals surface area contributed by atoms with Crippen molar-refractivity contribution >= 4 is 17.7 Å². The molecule has 1 saturated heterocycles. The summed E-state index contributed by atoms with van der Waals surface area (Å²) in [4.78, 5) is 24.3. The molecule has 1 fully saturated rings. The van der Waals surface area contributed by atoms with Crippen LogP contribution >= 0.6 is 0 Å². The highest BCUT2D eigenvalue weighted by molar-refractivity contribution is 6.09. The Morgan fingerprint density at radius 1 is 1.22 bits per heavy atom. The van der Waals surface area contributed by atoms with Gasteiger partial charge in [0, 0.05) is 35.1 Å². The molecular weight excluding hydrogens is 452 g/mol. The fraction of sp³-hybridized carbons (Fsp3) is 0.345. The fourth-order valence-electron chi connectivity index (χ4n) is 4.99. The van der Waals surface area contributed by atoms with Gasteiger partial charge in [0.2, 0.25) is 0 Å². The fourth-order valence-corrected chi connectivity index (χ4v) is 4.99. The molecule has 1 aromatic heterocycles. The van der Waals surface area contributed by atoms with Crippen LogP contribution in [-0.2, 0) is 6.54 Å². The van der Waals surface area contributed by atoms with Crippen LogP contribution in [0.1, 0.15) is 52.9 Å². The van der Waals surface area contributed by atoms with Gasteiger partial charge in [0.05, 0.1) is 20.3 Å². The summed E-state index contributed by atoms with van der Waals surface area (Å²) in [7, 11) is 1.62. The molecule has 1 amide bonds. The summed E-state index contributed by atoms with van der Waals surface area (Å²) in [5, 5.41) is 3.55. The number of hydrogen-bond donors (Lipinski definition) is 1. The smallest absolute Gasteiger partial charge is 0.277 e. The number of anilines is 1. The van der Waals surface area contributed by atoms with Gasteiger partial charge < -0.3 is 19.7 Å². The predicted octanol–water partition coefficient (Wildman–Crippen LogP) is 5.18. The number of fused-ring (bicyclic) bond motifs is 1. The Labute approximate surface area is 212 Å². The number of nitrogens with one attached hydrogen (secondary N) is 1. The van der Waals surface area contributed by atoms with Crippen LogP contribution in [0.25, 0.3) is 17.5 Å². The van der Waals surface area contributed by atoms with Crippen molar-refractivity contribution in [3.63, 3.8) is 0 Å². The Kier molecular flexibility index (Phi) is 7.00. The number of amides is 1. The molecule has 0 aliphatic carbocycles. The van der Waals surface area contributed by atoms with Crippen LogP contribution in [0.15, 0.2) is 49.2 Å². The van der Waals surface area contributed by atoms with Gasteiger partial charge in [0.15, 0.2) is 17.3 Å². The molecule has 1 N–H and O–H groups in total. The Hall–Kier alpha value is -3.71. The van der Waals surface area contributed by atoms with Crippen molar-refractivity contribution in [3.8, 4) is 22.9 Å². The topological polar surface area (TPSA) is 76.6 Å². The molecule has 186 valence electrons. The summed E-state index contributed by atoms with van der Waals surface area (Å²) >= 11 is 0. The highest BCUT2D eigenvalue weighted by Gasteiger charge is 2.32. The van der Waals surface area contributed by atoms with Crippen LogP contribution < -0.4 is 19.7 Å².